The van der Waals surface area contributed by atoms with Crippen LogP contribution in [0.1, 0.15) is 23.3 Å². The van der Waals surface area contributed by atoms with Crippen molar-refractivity contribution in [2.75, 3.05) is 19.6 Å². The Kier molecular flexibility index (Phi) is 5.65. The molecule has 1 aliphatic heterocycles. The lowest BCUT2D eigenvalue weighted by atomic mass is 10.00. The first kappa shape index (κ1) is 13.3. The average Bonchev–Trinajstić information content (AvgIpc) is 2.81. The van der Waals surface area contributed by atoms with E-state index in [0.717, 1.165) is 19.6 Å². The van der Waals surface area contributed by atoms with E-state index < -0.39 is 0 Å². The van der Waals surface area contributed by atoms with Crippen molar-refractivity contribution in [1.82, 2.24) is 20.2 Å². The first-order chi connectivity index (χ1) is 7.36. The Morgan fingerprint density at radius 1 is 1.69 bits per heavy atom. The molecular formula is C9H15ClN4OS. The SMILES string of the molecule is Cl.O=C(NCC1CCCNC1)c1csnn1. The fourth-order valence-corrected chi connectivity index (χ4v) is 2.13. The topological polar surface area (TPSA) is 66.9 Å². The summed E-state index contributed by atoms with van der Waals surface area (Å²) >= 11 is 1.20. The van der Waals surface area contributed by atoms with Crippen molar-refractivity contribution in [3.63, 3.8) is 0 Å². The minimum Gasteiger partial charge on any atom is -0.350 e. The molecule has 2 heterocycles. The molecular weight excluding hydrogens is 248 g/mol. The third-order valence-corrected chi connectivity index (χ3v) is 3.05. The molecule has 7 heteroatoms. The molecule has 1 unspecified atom stereocenters. The predicted molar refractivity (Wildman–Crippen MR) is 65.1 cm³/mol. The van der Waals surface area contributed by atoms with Crippen LogP contribution >= 0.6 is 23.9 Å². The van der Waals surface area contributed by atoms with Crippen molar-refractivity contribution < 1.29 is 4.79 Å². The lowest BCUT2D eigenvalue weighted by Crippen LogP contribution is -2.38. The number of hydrogen-bond acceptors (Lipinski definition) is 5. The second kappa shape index (κ2) is 6.78. The smallest absolute Gasteiger partial charge is 0.272 e. The minimum absolute atomic E-state index is 0. The van der Waals surface area contributed by atoms with Crippen LogP contribution in [0.4, 0.5) is 0 Å². The van der Waals surface area contributed by atoms with Crippen LogP contribution in [0.3, 0.4) is 0 Å². The number of aromatic nitrogens is 2. The van der Waals surface area contributed by atoms with E-state index in [1.165, 1.54) is 24.4 Å². The zero-order valence-electron chi connectivity index (χ0n) is 8.81. The van der Waals surface area contributed by atoms with Gasteiger partial charge in [-0.05, 0) is 43.4 Å². The van der Waals surface area contributed by atoms with Crippen molar-refractivity contribution in [2.24, 2.45) is 5.92 Å². The number of rotatable bonds is 3. The normalized spacial score (nSPS) is 19.9. The van der Waals surface area contributed by atoms with Gasteiger partial charge in [0.2, 0.25) is 0 Å². The minimum atomic E-state index is -0.116. The molecule has 5 nitrogen and oxygen atoms in total. The van der Waals surface area contributed by atoms with Gasteiger partial charge in [0.05, 0.1) is 0 Å². The fraction of sp³-hybridized carbons (Fsp3) is 0.667. The third kappa shape index (κ3) is 3.70. The maximum absolute atomic E-state index is 11.5. The van der Waals surface area contributed by atoms with Gasteiger partial charge in [-0.3, -0.25) is 4.79 Å². The van der Waals surface area contributed by atoms with Crippen LogP contribution in [-0.2, 0) is 0 Å². The number of carbonyl (C=O) groups excluding carboxylic acids is 1. The van der Waals surface area contributed by atoms with Crippen molar-refractivity contribution in [1.29, 1.82) is 0 Å². The van der Waals surface area contributed by atoms with Gasteiger partial charge in [-0.2, -0.15) is 0 Å². The monoisotopic (exact) mass is 262 g/mol. The van der Waals surface area contributed by atoms with Crippen molar-refractivity contribution in [2.45, 2.75) is 12.8 Å². The molecule has 1 saturated heterocycles. The molecule has 1 amide bonds. The van der Waals surface area contributed by atoms with Crippen LogP contribution in [-0.4, -0.2) is 35.1 Å². The first-order valence-corrected chi connectivity index (χ1v) is 5.96. The quantitative estimate of drug-likeness (QED) is 0.841. The van der Waals surface area contributed by atoms with Crippen molar-refractivity contribution in [3.8, 4) is 0 Å². The summed E-state index contributed by atoms with van der Waals surface area (Å²) in [5, 5.41) is 11.6. The van der Waals surface area contributed by atoms with Gasteiger partial charge in [0.25, 0.3) is 5.91 Å². The Hall–Kier alpha value is -0.720. The molecule has 1 aromatic rings. The number of carbonyl (C=O) groups is 1. The second-order valence-corrected chi connectivity index (χ2v) is 4.32. The summed E-state index contributed by atoms with van der Waals surface area (Å²) in [7, 11) is 0. The number of halogens is 1. The van der Waals surface area contributed by atoms with Crippen LogP contribution in [0.2, 0.25) is 0 Å². The van der Waals surface area contributed by atoms with E-state index >= 15 is 0 Å². The highest BCUT2D eigenvalue weighted by atomic mass is 35.5. The zero-order chi connectivity index (χ0) is 10.5. The second-order valence-electron chi connectivity index (χ2n) is 3.71. The zero-order valence-corrected chi connectivity index (χ0v) is 10.4. The molecule has 0 bridgehead atoms. The lowest BCUT2D eigenvalue weighted by molar-refractivity contribution is 0.0940. The van der Waals surface area contributed by atoms with Crippen molar-refractivity contribution in [3.05, 3.63) is 11.1 Å². The highest BCUT2D eigenvalue weighted by Gasteiger charge is 2.15. The molecule has 2 N–H and O–H groups in total. The van der Waals surface area contributed by atoms with Gasteiger partial charge in [0, 0.05) is 11.9 Å². The van der Waals surface area contributed by atoms with Gasteiger partial charge in [-0.1, -0.05) is 4.49 Å². The van der Waals surface area contributed by atoms with Gasteiger partial charge in [0.15, 0.2) is 5.69 Å². The summed E-state index contributed by atoms with van der Waals surface area (Å²) in [6, 6.07) is 0. The van der Waals surface area contributed by atoms with Gasteiger partial charge in [0.1, 0.15) is 0 Å². The Balaban J connectivity index is 0.00000128. The fourth-order valence-electron chi connectivity index (χ4n) is 1.69. The van der Waals surface area contributed by atoms with E-state index in [9.17, 15) is 4.79 Å². The highest BCUT2D eigenvalue weighted by molar-refractivity contribution is 7.03. The van der Waals surface area contributed by atoms with Crippen LogP contribution < -0.4 is 10.6 Å². The maximum atomic E-state index is 11.5. The molecule has 0 saturated carbocycles. The molecule has 1 atom stereocenters. The van der Waals surface area contributed by atoms with Crippen molar-refractivity contribution >= 4 is 29.8 Å². The molecule has 0 aliphatic carbocycles. The third-order valence-electron chi connectivity index (χ3n) is 2.54. The van der Waals surface area contributed by atoms with Gasteiger partial charge < -0.3 is 10.6 Å². The van der Waals surface area contributed by atoms with Crippen LogP contribution in [0.5, 0.6) is 0 Å². The summed E-state index contributed by atoms with van der Waals surface area (Å²) in [6.07, 6.45) is 2.38. The summed E-state index contributed by atoms with van der Waals surface area (Å²) in [6.45, 7) is 2.82. The Bertz CT molecular complexity index is 313. The molecule has 0 aromatic carbocycles. The van der Waals surface area contributed by atoms with E-state index in [4.69, 9.17) is 0 Å². The Labute approximate surface area is 105 Å². The van der Waals surface area contributed by atoms with E-state index in [1.54, 1.807) is 5.38 Å². The molecule has 16 heavy (non-hydrogen) atoms. The molecule has 2 rings (SSSR count). The lowest BCUT2D eigenvalue weighted by Gasteiger charge is -2.22. The van der Waals surface area contributed by atoms with Gasteiger partial charge >= 0.3 is 0 Å². The average molecular weight is 263 g/mol. The summed E-state index contributed by atoms with van der Waals surface area (Å²) in [4.78, 5) is 11.5. The Morgan fingerprint density at radius 2 is 2.56 bits per heavy atom. The highest BCUT2D eigenvalue weighted by Crippen LogP contribution is 2.08. The summed E-state index contributed by atoms with van der Waals surface area (Å²) in [5.74, 6) is 0.434. The molecule has 1 aromatic heterocycles. The number of amides is 1. The molecule has 1 aliphatic rings. The van der Waals surface area contributed by atoms with E-state index in [-0.39, 0.29) is 18.3 Å². The Morgan fingerprint density at radius 3 is 3.19 bits per heavy atom. The molecule has 90 valence electrons. The van der Waals surface area contributed by atoms with Crippen LogP contribution in [0.25, 0.3) is 0 Å². The van der Waals surface area contributed by atoms with Crippen LogP contribution in [0, 0.1) is 5.92 Å². The largest absolute Gasteiger partial charge is 0.350 e. The molecule has 1 fully saturated rings. The van der Waals surface area contributed by atoms with Gasteiger partial charge in [-0.15, -0.1) is 17.5 Å². The predicted octanol–water partition coefficient (Wildman–Crippen LogP) is 0.689. The number of piperidine rings is 1. The number of hydrogen-bond donors (Lipinski definition) is 2. The van der Waals surface area contributed by atoms with Crippen LogP contribution in [0.15, 0.2) is 5.38 Å². The number of nitrogens with one attached hydrogen (secondary N) is 2. The van der Waals surface area contributed by atoms with E-state index in [1.807, 2.05) is 0 Å². The molecule has 0 spiro atoms. The maximum Gasteiger partial charge on any atom is 0.272 e. The standard InChI is InChI=1S/C9H14N4OS.ClH/c14-9(8-6-15-13-12-8)11-5-7-2-1-3-10-4-7;/h6-7,10H,1-5H2,(H,11,14);1H. The van der Waals surface area contributed by atoms with E-state index in [0.29, 0.717) is 11.6 Å². The first-order valence-electron chi connectivity index (χ1n) is 5.12. The molecule has 0 radical (unpaired) electrons. The van der Waals surface area contributed by atoms with Gasteiger partial charge in [-0.25, -0.2) is 0 Å². The van der Waals surface area contributed by atoms with E-state index in [2.05, 4.69) is 20.2 Å². The number of nitrogens with zero attached hydrogens (tertiary/aromatic N) is 2. The summed E-state index contributed by atoms with van der Waals surface area (Å²) < 4.78 is 3.66. The summed E-state index contributed by atoms with van der Waals surface area (Å²) in [5.41, 5.74) is 0.420.